The van der Waals surface area contributed by atoms with Crippen molar-refractivity contribution in [2.24, 2.45) is 0 Å². The van der Waals surface area contributed by atoms with E-state index in [1.165, 1.54) is 11.3 Å². The van der Waals surface area contributed by atoms with Crippen LogP contribution in [0.15, 0.2) is 59.3 Å². The molecule has 0 aliphatic heterocycles. The molecule has 1 N–H and O–H groups in total. The van der Waals surface area contributed by atoms with Gasteiger partial charge in [-0.2, -0.15) is 0 Å². The maximum atomic E-state index is 12.6. The number of aromatic nitrogens is 3. The van der Waals surface area contributed by atoms with Crippen LogP contribution in [0.4, 0.5) is 0 Å². The fraction of sp³-hybridized carbons (Fsp3) is 0.100. The molecule has 0 aliphatic rings. The Kier molecular flexibility index (Phi) is 5.18. The highest BCUT2D eigenvalue weighted by atomic mass is 35.5. The number of benzene rings is 1. The molecule has 8 heteroatoms. The summed E-state index contributed by atoms with van der Waals surface area (Å²) in [6.45, 7) is 2.07. The highest BCUT2D eigenvalue weighted by Gasteiger charge is 2.17. The Labute approximate surface area is 170 Å². The van der Waals surface area contributed by atoms with E-state index in [9.17, 15) is 4.79 Å². The van der Waals surface area contributed by atoms with Crippen LogP contribution in [0.3, 0.4) is 0 Å². The summed E-state index contributed by atoms with van der Waals surface area (Å²) in [6.07, 6.45) is 3.29. The van der Waals surface area contributed by atoms with Crippen LogP contribution < -0.4 is 5.32 Å². The standard InChI is InChI=1S/C20H15ClN4O2S/c1-12-17(28-20(25-12)18-22-9-2-10-23-18)19(26)24-11-15-7-8-16(27-15)13-3-5-14(21)6-4-13/h2-10H,11H2,1H3,(H,24,26). The van der Waals surface area contributed by atoms with Gasteiger partial charge in [0.2, 0.25) is 0 Å². The van der Waals surface area contributed by atoms with Gasteiger partial charge in [-0.15, -0.1) is 11.3 Å². The first-order valence-electron chi connectivity index (χ1n) is 8.48. The van der Waals surface area contributed by atoms with Gasteiger partial charge in [0.05, 0.1) is 12.2 Å². The van der Waals surface area contributed by atoms with Crippen LogP contribution in [0.5, 0.6) is 0 Å². The van der Waals surface area contributed by atoms with Gasteiger partial charge in [-0.1, -0.05) is 11.6 Å². The van der Waals surface area contributed by atoms with Crippen molar-refractivity contribution < 1.29 is 9.21 Å². The maximum absolute atomic E-state index is 12.6. The fourth-order valence-corrected chi connectivity index (χ4v) is 3.66. The third kappa shape index (κ3) is 3.95. The lowest BCUT2D eigenvalue weighted by Crippen LogP contribution is -2.22. The first-order chi connectivity index (χ1) is 13.6. The Bertz CT molecular complexity index is 1110. The van der Waals surface area contributed by atoms with Crippen LogP contribution >= 0.6 is 22.9 Å². The summed E-state index contributed by atoms with van der Waals surface area (Å²) < 4.78 is 5.81. The average molecular weight is 411 g/mol. The van der Waals surface area contributed by atoms with E-state index < -0.39 is 0 Å². The summed E-state index contributed by atoms with van der Waals surface area (Å²) in [5.74, 6) is 1.68. The Morgan fingerprint density at radius 3 is 2.64 bits per heavy atom. The number of nitrogens with zero attached hydrogens (tertiary/aromatic N) is 3. The Morgan fingerprint density at radius 2 is 1.89 bits per heavy atom. The zero-order valence-corrected chi connectivity index (χ0v) is 16.4. The maximum Gasteiger partial charge on any atom is 0.263 e. The van der Waals surface area contributed by atoms with Crippen molar-refractivity contribution in [3.63, 3.8) is 0 Å². The highest BCUT2D eigenvalue weighted by Crippen LogP contribution is 2.26. The highest BCUT2D eigenvalue weighted by molar-refractivity contribution is 7.17. The lowest BCUT2D eigenvalue weighted by molar-refractivity contribution is 0.0951. The van der Waals surface area contributed by atoms with E-state index in [1.54, 1.807) is 25.4 Å². The second-order valence-electron chi connectivity index (χ2n) is 5.96. The predicted octanol–water partition coefficient (Wildman–Crippen LogP) is 4.75. The number of rotatable bonds is 5. The average Bonchev–Trinajstić information content (AvgIpc) is 3.34. The van der Waals surface area contributed by atoms with Crippen molar-refractivity contribution in [1.82, 2.24) is 20.3 Å². The van der Waals surface area contributed by atoms with Crippen LogP contribution in [-0.2, 0) is 6.54 Å². The first kappa shape index (κ1) is 18.3. The van der Waals surface area contributed by atoms with Gasteiger partial charge in [0.25, 0.3) is 5.91 Å². The Morgan fingerprint density at radius 1 is 1.14 bits per heavy atom. The van der Waals surface area contributed by atoms with Crippen molar-refractivity contribution in [3.8, 4) is 22.2 Å². The van der Waals surface area contributed by atoms with Gasteiger partial charge in [-0.05, 0) is 49.4 Å². The number of nitrogens with one attached hydrogen (secondary N) is 1. The lowest BCUT2D eigenvalue weighted by Gasteiger charge is -2.02. The molecule has 3 aromatic heterocycles. The third-order valence-corrected chi connectivity index (χ3v) is 5.38. The molecule has 0 spiro atoms. The summed E-state index contributed by atoms with van der Waals surface area (Å²) in [7, 11) is 0. The molecule has 0 radical (unpaired) electrons. The van der Waals surface area contributed by atoms with Gasteiger partial charge >= 0.3 is 0 Å². The van der Waals surface area contributed by atoms with Gasteiger partial charge in [0.1, 0.15) is 16.4 Å². The number of hydrogen-bond donors (Lipinski definition) is 1. The van der Waals surface area contributed by atoms with Crippen molar-refractivity contribution in [2.75, 3.05) is 0 Å². The predicted molar refractivity (Wildman–Crippen MR) is 108 cm³/mol. The van der Waals surface area contributed by atoms with E-state index in [2.05, 4.69) is 20.3 Å². The van der Waals surface area contributed by atoms with Crippen LogP contribution in [0.1, 0.15) is 21.1 Å². The third-order valence-electron chi connectivity index (χ3n) is 3.97. The van der Waals surface area contributed by atoms with E-state index in [0.29, 0.717) is 32.2 Å². The molecule has 1 amide bonds. The number of halogens is 1. The van der Waals surface area contributed by atoms with Crippen LogP contribution in [-0.4, -0.2) is 20.9 Å². The normalized spacial score (nSPS) is 10.8. The van der Waals surface area contributed by atoms with Gasteiger partial charge in [0.15, 0.2) is 10.8 Å². The summed E-state index contributed by atoms with van der Waals surface area (Å²) in [5, 5.41) is 4.16. The molecular formula is C20H15ClN4O2S. The Hall–Kier alpha value is -3.03. The fourth-order valence-electron chi connectivity index (χ4n) is 2.60. The molecule has 1 aromatic carbocycles. The van der Waals surface area contributed by atoms with Crippen LogP contribution in [0, 0.1) is 6.92 Å². The van der Waals surface area contributed by atoms with Crippen molar-refractivity contribution in [2.45, 2.75) is 13.5 Å². The smallest absolute Gasteiger partial charge is 0.263 e. The van der Waals surface area contributed by atoms with E-state index in [4.69, 9.17) is 16.0 Å². The van der Waals surface area contributed by atoms with Crippen LogP contribution in [0.25, 0.3) is 22.2 Å². The molecule has 0 fully saturated rings. The second-order valence-corrected chi connectivity index (χ2v) is 7.40. The van der Waals surface area contributed by atoms with E-state index in [-0.39, 0.29) is 12.5 Å². The van der Waals surface area contributed by atoms with Crippen LogP contribution in [0.2, 0.25) is 5.02 Å². The molecule has 0 saturated carbocycles. The number of amides is 1. The number of carbonyl (C=O) groups excluding carboxylic acids is 1. The van der Waals surface area contributed by atoms with Gasteiger partial charge in [-0.3, -0.25) is 4.79 Å². The number of carbonyl (C=O) groups is 1. The summed E-state index contributed by atoms with van der Waals surface area (Å²) in [4.78, 5) is 25.9. The molecule has 4 rings (SSSR count). The summed E-state index contributed by atoms with van der Waals surface area (Å²) in [6, 6.07) is 12.8. The zero-order valence-electron chi connectivity index (χ0n) is 14.8. The molecule has 3 heterocycles. The van der Waals surface area contributed by atoms with Gasteiger partial charge < -0.3 is 9.73 Å². The minimum Gasteiger partial charge on any atom is -0.459 e. The second kappa shape index (κ2) is 7.92. The Balaban J connectivity index is 1.44. The topological polar surface area (TPSA) is 80.9 Å². The van der Waals surface area contributed by atoms with E-state index in [1.807, 2.05) is 36.4 Å². The van der Waals surface area contributed by atoms with Gasteiger partial charge in [-0.25, -0.2) is 15.0 Å². The molecule has 0 aliphatic carbocycles. The molecule has 0 bridgehead atoms. The zero-order chi connectivity index (χ0) is 19.5. The molecule has 4 aromatic rings. The monoisotopic (exact) mass is 410 g/mol. The van der Waals surface area contributed by atoms with Gasteiger partial charge in [0, 0.05) is 23.0 Å². The van der Waals surface area contributed by atoms with Crippen molar-refractivity contribution in [1.29, 1.82) is 0 Å². The molecule has 6 nitrogen and oxygen atoms in total. The lowest BCUT2D eigenvalue weighted by atomic mass is 10.2. The van der Waals surface area contributed by atoms with Crippen molar-refractivity contribution >= 4 is 28.8 Å². The number of aryl methyl sites for hydroxylation is 1. The first-order valence-corrected chi connectivity index (χ1v) is 9.67. The SMILES string of the molecule is Cc1nc(-c2ncccn2)sc1C(=O)NCc1ccc(-c2ccc(Cl)cc2)o1. The van der Waals surface area contributed by atoms with Crippen molar-refractivity contribution in [3.05, 3.63) is 76.2 Å². The molecular weight excluding hydrogens is 396 g/mol. The summed E-state index contributed by atoms with van der Waals surface area (Å²) in [5.41, 5.74) is 1.57. The number of hydrogen-bond acceptors (Lipinski definition) is 6. The number of furan rings is 1. The summed E-state index contributed by atoms with van der Waals surface area (Å²) >= 11 is 7.18. The molecule has 28 heavy (non-hydrogen) atoms. The minimum atomic E-state index is -0.207. The molecule has 0 unspecified atom stereocenters. The molecule has 0 saturated heterocycles. The quantitative estimate of drug-likeness (QED) is 0.513. The largest absolute Gasteiger partial charge is 0.459 e. The molecule has 140 valence electrons. The van der Waals surface area contributed by atoms with E-state index in [0.717, 1.165) is 11.3 Å². The molecule has 0 atom stereocenters. The minimum absolute atomic E-state index is 0.207. The van der Waals surface area contributed by atoms with E-state index >= 15 is 0 Å². The number of thiazole rings is 1.